The molecule has 4 heteroatoms. The van der Waals surface area contributed by atoms with Crippen molar-refractivity contribution in [1.82, 2.24) is 4.90 Å². The number of piperidine rings is 1. The quantitative estimate of drug-likeness (QED) is 0.752. The molecular formula is C14H18FNO2. The fourth-order valence-electron chi connectivity index (χ4n) is 2.28. The van der Waals surface area contributed by atoms with E-state index in [1.807, 2.05) is 0 Å². The van der Waals surface area contributed by atoms with Crippen molar-refractivity contribution >= 4 is 6.29 Å². The minimum Gasteiger partial charge on any atom is -0.489 e. The molecule has 0 aromatic heterocycles. The van der Waals surface area contributed by atoms with Crippen LogP contribution in [-0.2, 0) is 4.79 Å². The van der Waals surface area contributed by atoms with Gasteiger partial charge in [0.05, 0.1) is 6.04 Å². The van der Waals surface area contributed by atoms with Gasteiger partial charge < -0.3 is 9.53 Å². The molecule has 1 atom stereocenters. The molecule has 18 heavy (non-hydrogen) atoms. The second kappa shape index (κ2) is 6.50. The number of halogens is 1. The van der Waals surface area contributed by atoms with Crippen LogP contribution in [0.25, 0.3) is 0 Å². The number of hydrogen-bond acceptors (Lipinski definition) is 3. The average Bonchev–Trinajstić information content (AvgIpc) is 2.41. The van der Waals surface area contributed by atoms with Crippen molar-refractivity contribution in [2.24, 2.45) is 0 Å². The van der Waals surface area contributed by atoms with Crippen molar-refractivity contribution in [3.8, 4) is 5.75 Å². The smallest absolute Gasteiger partial charge is 0.165 e. The van der Waals surface area contributed by atoms with Crippen LogP contribution in [0.5, 0.6) is 5.75 Å². The number of likely N-dealkylation sites (tertiary alicyclic amines) is 1. The molecule has 2 rings (SSSR count). The number of aldehydes is 1. The Balaban J connectivity index is 1.81. The van der Waals surface area contributed by atoms with Crippen LogP contribution in [0.2, 0.25) is 0 Å². The molecule has 0 spiro atoms. The molecule has 98 valence electrons. The number of ether oxygens (including phenoxy) is 1. The highest BCUT2D eigenvalue weighted by Crippen LogP contribution is 2.17. The summed E-state index contributed by atoms with van der Waals surface area (Å²) < 4.78 is 18.7. The Morgan fingerprint density at radius 1 is 1.39 bits per heavy atom. The zero-order chi connectivity index (χ0) is 12.8. The summed E-state index contributed by atoms with van der Waals surface area (Å²) in [4.78, 5) is 13.0. The van der Waals surface area contributed by atoms with E-state index in [1.54, 1.807) is 18.2 Å². The molecule has 0 amide bonds. The monoisotopic (exact) mass is 251 g/mol. The topological polar surface area (TPSA) is 29.5 Å². The molecule has 1 aliphatic heterocycles. The molecule has 1 saturated heterocycles. The number of nitrogens with zero attached hydrogens (tertiary/aromatic N) is 1. The second-order valence-electron chi connectivity index (χ2n) is 4.51. The Labute approximate surface area is 107 Å². The number of benzene rings is 1. The van der Waals surface area contributed by atoms with E-state index in [0.717, 1.165) is 32.1 Å². The van der Waals surface area contributed by atoms with Gasteiger partial charge in [-0.05, 0) is 31.5 Å². The van der Waals surface area contributed by atoms with Gasteiger partial charge in [-0.1, -0.05) is 18.6 Å². The van der Waals surface area contributed by atoms with Crippen molar-refractivity contribution in [3.05, 3.63) is 30.1 Å². The van der Waals surface area contributed by atoms with Crippen LogP contribution in [0.1, 0.15) is 19.3 Å². The Kier molecular flexibility index (Phi) is 4.70. The summed E-state index contributed by atoms with van der Waals surface area (Å²) in [7, 11) is 0. The summed E-state index contributed by atoms with van der Waals surface area (Å²) in [6.45, 7) is 1.99. The largest absolute Gasteiger partial charge is 0.489 e. The van der Waals surface area contributed by atoms with Crippen LogP contribution < -0.4 is 4.74 Å². The Morgan fingerprint density at radius 2 is 2.22 bits per heavy atom. The van der Waals surface area contributed by atoms with Crippen LogP contribution in [0, 0.1) is 5.82 Å². The molecule has 0 radical (unpaired) electrons. The third-order valence-electron chi connectivity index (χ3n) is 3.29. The lowest BCUT2D eigenvalue weighted by atomic mass is 10.0. The molecule has 1 unspecified atom stereocenters. The van der Waals surface area contributed by atoms with Crippen LogP contribution in [0.3, 0.4) is 0 Å². The Morgan fingerprint density at radius 3 is 3.00 bits per heavy atom. The first-order valence-electron chi connectivity index (χ1n) is 6.38. The average molecular weight is 251 g/mol. The van der Waals surface area contributed by atoms with Gasteiger partial charge in [0.15, 0.2) is 11.6 Å². The molecule has 1 aromatic carbocycles. The van der Waals surface area contributed by atoms with E-state index in [9.17, 15) is 9.18 Å². The first-order valence-corrected chi connectivity index (χ1v) is 6.38. The number of hydrogen-bond donors (Lipinski definition) is 0. The van der Waals surface area contributed by atoms with E-state index in [-0.39, 0.29) is 17.6 Å². The van der Waals surface area contributed by atoms with Gasteiger partial charge in [0.2, 0.25) is 0 Å². The van der Waals surface area contributed by atoms with Crippen LogP contribution >= 0.6 is 0 Å². The van der Waals surface area contributed by atoms with Crippen molar-refractivity contribution in [2.75, 3.05) is 19.7 Å². The number of rotatable bonds is 5. The summed E-state index contributed by atoms with van der Waals surface area (Å²) in [5.74, 6) is -0.0692. The molecule has 1 aromatic rings. The molecular weight excluding hydrogens is 233 g/mol. The van der Waals surface area contributed by atoms with Crippen molar-refractivity contribution < 1.29 is 13.9 Å². The molecule has 0 N–H and O–H groups in total. The van der Waals surface area contributed by atoms with Gasteiger partial charge in [0, 0.05) is 6.54 Å². The first-order chi connectivity index (χ1) is 8.81. The summed E-state index contributed by atoms with van der Waals surface area (Å²) in [5, 5.41) is 0. The lowest BCUT2D eigenvalue weighted by Gasteiger charge is -2.31. The Hall–Kier alpha value is -1.42. The van der Waals surface area contributed by atoms with Gasteiger partial charge in [-0.25, -0.2) is 4.39 Å². The number of carbonyl (C=O) groups is 1. The third-order valence-corrected chi connectivity index (χ3v) is 3.29. The van der Waals surface area contributed by atoms with Crippen LogP contribution in [0.4, 0.5) is 4.39 Å². The molecule has 0 bridgehead atoms. The third kappa shape index (κ3) is 3.29. The van der Waals surface area contributed by atoms with E-state index < -0.39 is 0 Å². The highest BCUT2D eigenvalue weighted by molar-refractivity contribution is 5.57. The van der Waals surface area contributed by atoms with Gasteiger partial charge in [-0.3, -0.25) is 4.90 Å². The number of para-hydroxylation sites is 1. The van der Waals surface area contributed by atoms with E-state index in [1.165, 1.54) is 6.07 Å². The fraction of sp³-hybridized carbons (Fsp3) is 0.500. The molecule has 1 aliphatic rings. The highest BCUT2D eigenvalue weighted by Gasteiger charge is 2.21. The lowest BCUT2D eigenvalue weighted by Crippen LogP contribution is -2.42. The maximum Gasteiger partial charge on any atom is 0.165 e. The fourth-order valence-corrected chi connectivity index (χ4v) is 2.28. The summed E-state index contributed by atoms with van der Waals surface area (Å²) in [5.41, 5.74) is 0. The normalized spacial score (nSPS) is 20.6. The summed E-state index contributed by atoms with van der Waals surface area (Å²) >= 11 is 0. The predicted molar refractivity (Wildman–Crippen MR) is 67.2 cm³/mol. The second-order valence-corrected chi connectivity index (χ2v) is 4.51. The lowest BCUT2D eigenvalue weighted by molar-refractivity contribution is -0.113. The molecule has 0 aliphatic carbocycles. The molecule has 3 nitrogen and oxygen atoms in total. The van der Waals surface area contributed by atoms with E-state index in [0.29, 0.717) is 13.2 Å². The van der Waals surface area contributed by atoms with Crippen LogP contribution in [-0.4, -0.2) is 36.9 Å². The predicted octanol–water partition coefficient (Wildman–Crippen LogP) is 2.26. The van der Waals surface area contributed by atoms with Gasteiger partial charge >= 0.3 is 0 Å². The minimum atomic E-state index is -0.344. The zero-order valence-corrected chi connectivity index (χ0v) is 10.3. The summed E-state index contributed by atoms with van der Waals surface area (Å²) in [6.07, 6.45) is 4.14. The van der Waals surface area contributed by atoms with Gasteiger partial charge in [0.25, 0.3) is 0 Å². The first kappa shape index (κ1) is 13.0. The minimum absolute atomic E-state index is 0.00275. The van der Waals surface area contributed by atoms with Gasteiger partial charge in [-0.15, -0.1) is 0 Å². The standard InChI is InChI=1S/C14H18FNO2/c15-13-6-1-2-7-14(13)18-10-9-16-8-4-3-5-12(16)11-17/h1-2,6-7,11-12H,3-5,8-10H2. The molecule has 0 saturated carbocycles. The molecule has 1 fully saturated rings. The van der Waals surface area contributed by atoms with Gasteiger partial charge in [0.1, 0.15) is 12.9 Å². The van der Waals surface area contributed by atoms with Crippen molar-refractivity contribution in [1.29, 1.82) is 0 Å². The molecule has 1 heterocycles. The number of carbonyl (C=O) groups excluding carboxylic acids is 1. The summed E-state index contributed by atoms with van der Waals surface area (Å²) in [6, 6.07) is 6.37. The van der Waals surface area contributed by atoms with E-state index in [2.05, 4.69) is 4.90 Å². The highest BCUT2D eigenvalue weighted by atomic mass is 19.1. The Bertz CT molecular complexity index is 397. The van der Waals surface area contributed by atoms with Gasteiger partial charge in [-0.2, -0.15) is 0 Å². The van der Waals surface area contributed by atoms with E-state index >= 15 is 0 Å². The maximum absolute atomic E-state index is 13.3. The van der Waals surface area contributed by atoms with E-state index in [4.69, 9.17) is 4.74 Å². The van der Waals surface area contributed by atoms with Crippen molar-refractivity contribution in [3.63, 3.8) is 0 Å². The zero-order valence-electron chi connectivity index (χ0n) is 10.3. The SMILES string of the molecule is O=CC1CCCCN1CCOc1ccccc1F. The maximum atomic E-state index is 13.3. The van der Waals surface area contributed by atoms with Crippen LogP contribution in [0.15, 0.2) is 24.3 Å². The van der Waals surface area contributed by atoms with Crippen molar-refractivity contribution in [2.45, 2.75) is 25.3 Å².